The van der Waals surface area contributed by atoms with E-state index in [9.17, 15) is 0 Å². The minimum atomic E-state index is 0.328. The van der Waals surface area contributed by atoms with E-state index in [0.717, 1.165) is 25.1 Å². The quantitative estimate of drug-likeness (QED) is 0.762. The fourth-order valence-corrected chi connectivity index (χ4v) is 2.84. The Morgan fingerprint density at radius 1 is 1.20 bits per heavy atom. The molecule has 1 unspecified atom stereocenters. The molecule has 0 aliphatic rings. The molecule has 1 aromatic carbocycles. The highest BCUT2D eigenvalue weighted by Crippen LogP contribution is 2.20. The maximum Gasteiger partial charge on any atom is 0.0422 e. The van der Waals surface area contributed by atoms with Crippen LogP contribution in [0.15, 0.2) is 42.6 Å². The average molecular weight is 380 g/mol. The van der Waals surface area contributed by atoms with Gasteiger partial charge >= 0.3 is 0 Å². The molecule has 106 valence electrons. The van der Waals surface area contributed by atoms with E-state index in [1.54, 1.807) is 0 Å². The first-order chi connectivity index (χ1) is 9.72. The fourth-order valence-electron chi connectivity index (χ4n) is 2.27. The monoisotopic (exact) mass is 380 g/mol. The molecular weight excluding hydrogens is 359 g/mol. The van der Waals surface area contributed by atoms with Gasteiger partial charge in [-0.2, -0.15) is 0 Å². The molecular formula is C17H21IN2. The van der Waals surface area contributed by atoms with Crippen molar-refractivity contribution in [2.75, 3.05) is 6.54 Å². The topological polar surface area (TPSA) is 24.9 Å². The van der Waals surface area contributed by atoms with Crippen LogP contribution in [-0.4, -0.2) is 11.5 Å². The summed E-state index contributed by atoms with van der Waals surface area (Å²) in [6.07, 6.45) is 3.96. The Kier molecular flexibility index (Phi) is 5.98. The number of likely N-dealkylation sites (N-methyl/N-ethyl adjacent to an activating group) is 1. The van der Waals surface area contributed by atoms with Crippen LogP contribution in [0.25, 0.3) is 0 Å². The number of nitrogens with one attached hydrogen (secondary N) is 1. The Labute approximate surface area is 135 Å². The van der Waals surface area contributed by atoms with Crippen molar-refractivity contribution >= 4 is 22.6 Å². The lowest BCUT2D eigenvalue weighted by atomic mass is 10.0. The predicted octanol–water partition coefficient (Wildman–Crippen LogP) is 4.14. The number of aromatic nitrogens is 1. The van der Waals surface area contributed by atoms with E-state index in [4.69, 9.17) is 0 Å². The van der Waals surface area contributed by atoms with Crippen molar-refractivity contribution in [3.05, 3.63) is 63.0 Å². The minimum absolute atomic E-state index is 0.328. The molecule has 0 amide bonds. The lowest BCUT2D eigenvalue weighted by Crippen LogP contribution is -2.23. The molecule has 1 N–H and O–H groups in total. The van der Waals surface area contributed by atoms with Gasteiger partial charge in [-0.3, -0.25) is 4.98 Å². The Morgan fingerprint density at radius 2 is 2.05 bits per heavy atom. The SMILES string of the molecule is CCNC(Cc1ccc(CC)cn1)c1cccc(I)c1. The molecule has 2 nitrogen and oxygen atoms in total. The Balaban J connectivity index is 2.16. The molecule has 20 heavy (non-hydrogen) atoms. The zero-order chi connectivity index (χ0) is 14.4. The van der Waals surface area contributed by atoms with E-state index >= 15 is 0 Å². The Morgan fingerprint density at radius 3 is 2.65 bits per heavy atom. The third kappa shape index (κ3) is 4.28. The number of hydrogen-bond acceptors (Lipinski definition) is 2. The molecule has 0 fully saturated rings. The van der Waals surface area contributed by atoms with E-state index in [1.165, 1.54) is 14.7 Å². The third-order valence-electron chi connectivity index (χ3n) is 3.41. The zero-order valence-corrected chi connectivity index (χ0v) is 14.2. The van der Waals surface area contributed by atoms with Crippen molar-refractivity contribution in [3.8, 4) is 0 Å². The molecule has 0 radical (unpaired) electrons. The molecule has 0 saturated carbocycles. The fraction of sp³-hybridized carbons (Fsp3) is 0.353. The van der Waals surface area contributed by atoms with Gasteiger partial charge in [0.05, 0.1) is 0 Å². The summed E-state index contributed by atoms with van der Waals surface area (Å²) in [7, 11) is 0. The van der Waals surface area contributed by atoms with Gasteiger partial charge in [-0.05, 0) is 64.9 Å². The minimum Gasteiger partial charge on any atom is -0.310 e. The van der Waals surface area contributed by atoms with Crippen molar-refractivity contribution in [3.63, 3.8) is 0 Å². The molecule has 3 heteroatoms. The largest absolute Gasteiger partial charge is 0.310 e. The Bertz CT molecular complexity index is 537. The first kappa shape index (κ1) is 15.4. The number of halogens is 1. The molecule has 1 heterocycles. The molecule has 0 aliphatic heterocycles. The second-order valence-electron chi connectivity index (χ2n) is 4.88. The normalized spacial score (nSPS) is 12.3. The average Bonchev–Trinajstić information content (AvgIpc) is 2.47. The molecule has 0 spiro atoms. The van der Waals surface area contributed by atoms with Crippen LogP contribution in [-0.2, 0) is 12.8 Å². The highest BCUT2D eigenvalue weighted by Gasteiger charge is 2.12. The molecule has 0 bridgehead atoms. The van der Waals surface area contributed by atoms with E-state index < -0.39 is 0 Å². The van der Waals surface area contributed by atoms with Crippen LogP contribution < -0.4 is 5.32 Å². The first-order valence-electron chi connectivity index (χ1n) is 7.15. The van der Waals surface area contributed by atoms with Gasteiger partial charge in [0.15, 0.2) is 0 Å². The second kappa shape index (κ2) is 7.74. The van der Waals surface area contributed by atoms with Gasteiger partial charge in [0.2, 0.25) is 0 Å². The van der Waals surface area contributed by atoms with E-state index in [2.05, 4.69) is 83.1 Å². The van der Waals surface area contributed by atoms with Crippen molar-refractivity contribution in [1.29, 1.82) is 0 Å². The van der Waals surface area contributed by atoms with E-state index in [0.29, 0.717) is 6.04 Å². The number of rotatable bonds is 6. The van der Waals surface area contributed by atoms with Crippen LogP contribution in [0.4, 0.5) is 0 Å². The molecule has 2 rings (SSSR count). The molecule has 1 atom stereocenters. The highest BCUT2D eigenvalue weighted by molar-refractivity contribution is 14.1. The lowest BCUT2D eigenvalue weighted by molar-refractivity contribution is 0.543. The predicted molar refractivity (Wildman–Crippen MR) is 92.9 cm³/mol. The Hall–Kier alpha value is -0.940. The molecule has 1 aromatic heterocycles. The maximum atomic E-state index is 4.58. The zero-order valence-electron chi connectivity index (χ0n) is 12.1. The maximum absolute atomic E-state index is 4.58. The van der Waals surface area contributed by atoms with Gasteiger partial charge in [-0.1, -0.05) is 32.0 Å². The van der Waals surface area contributed by atoms with Crippen LogP contribution in [0, 0.1) is 3.57 Å². The van der Waals surface area contributed by atoms with Gasteiger partial charge in [-0.25, -0.2) is 0 Å². The lowest BCUT2D eigenvalue weighted by Gasteiger charge is -2.18. The number of benzene rings is 1. The van der Waals surface area contributed by atoms with Crippen molar-refractivity contribution in [2.45, 2.75) is 32.7 Å². The number of nitrogens with zero attached hydrogens (tertiary/aromatic N) is 1. The summed E-state index contributed by atoms with van der Waals surface area (Å²) in [6, 6.07) is 13.3. The van der Waals surface area contributed by atoms with Crippen LogP contribution in [0.5, 0.6) is 0 Å². The summed E-state index contributed by atoms with van der Waals surface area (Å²) < 4.78 is 1.28. The van der Waals surface area contributed by atoms with Gasteiger partial charge in [0, 0.05) is 27.9 Å². The van der Waals surface area contributed by atoms with E-state index in [-0.39, 0.29) is 0 Å². The summed E-state index contributed by atoms with van der Waals surface area (Å²) >= 11 is 2.36. The number of pyridine rings is 1. The van der Waals surface area contributed by atoms with Crippen LogP contribution in [0.3, 0.4) is 0 Å². The first-order valence-corrected chi connectivity index (χ1v) is 8.23. The highest BCUT2D eigenvalue weighted by atomic mass is 127. The summed E-state index contributed by atoms with van der Waals surface area (Å²) in [5.74, 6) is 0. The molecule has 0 saturated heterocycles. The van der Waals surface area contributed by atoms with Crippen molar-refractivity contribution in [1.82, 2.24) is 10.3 Å². The smallest absolute Gasteiger partial charge is 0.0422 e. The van der Waals surface area contributed by atoms with Gasteiger partial charge in [-0.15, -0.1) is 0 Å². The molecule has 0 aliphatic carbocycles. The van der Waals surface area contributed by atoms with E-state index in [1.807, 2.05) is 6.20 Å². The summed E-state index contributed by atoms with van der Waals surface area (Å²) in [6.45, 7) is 5.27. The van der Waals surface area contributed by atoms with Crippen LogP contribution >= 0.6 is 22.6 Å². The van der Waals surface area contributed by atoms with Gasteiger partial charge in [0.1, 0.15) is 0 Å². The second-order valence-corrected chi connectivity index (χ2v) is 6.13. The summed E-state index contributed by atoms with van der Waals surface area (Å²) in [5.41, 5.74) is 3.77. The standard InChI is InChI=1S/C17H21IN2/c1-3-13-8-9-16(20-12-13)11-17(19-4-2)14-6-5-7-15(18)10-14/h5-10,12,17,19H,3-4,11H2,1-2H3. The van der Waals surface area contributed by atoms with Crippen molar-refractivity contribution < 1.29 is 0 Å². The van der Waals surface area contributed by atoms with Crippen LogP contribution in [0.2, 0.25) is 0 Å². The number of aryl methyl sites for hydroxylation is 1. The van der Waals surface area contributed by atoms with Gasteiger partial charge < -0.3 is 5.32 Å². The summed E-state index contributed by atoms with van der Waals surface area (Å²) in [5, 5.41) is 3.56. The van der Waals surface area contributed by atoms with Gasteiger partial charge in [0.25, 0.3) is 0 Å². The molecule has 2 aromatic rings. The number of hydrogen-bond donors (Lipinski definition) is 1. The van der Waals surface area contributed by atoms with Crippen LogP contribution in [0.1, 0.15) is 36.7 Å². The third-order valence-corrected chi connectivity index (χ3v) is 4.08. The summed E-state index contributed by atoms with van der Waals surface area (Å²) in [4.78, 5) is 4.58. The van der Waals surface area contributed by atoms with Crippen molar-refractivity contribution in [2.24, 2.45) is 0 Å².